The number of aromatic nitrogens is 3. The number of ether oxygens (including phenoxy) is 2. The summed E-state index contributed by atoms with van der Waals surface area (Å²) < 4.78 is 13.3. The monoisotopic (exact) mass is 696 g/mol. The average Bonchev–Trinajstić information content (AvgIpc) is 3.65. The molecular weight excluding hydrogens is 652 g/mol. The zero-order chi connectivity index (χ0) is 35.6. The number of anilines is 1. The number of imide groups is 1. The van der Waals surface area contributed by atoms with E-state index in [0.717, 1.165) is 53.7 Å². The van der Waals surface area contributed by atoms with Crippen LogP contribution in [0.5, 0.6) is 11.5 Å². The zero-order valence-electron chi connectivity index (χ0n) is 29.2. The molecule has 3 fully saturated rings. The van der Waals surface area contributed by atoms with Crippen molar-refractivity contribution in [1.82, 2.24) is 34.8 Å². The summed E-state index contributed by atoms with van der Waals surface area (Å²) in [5.74, 6) is 1.24. The number of amides is 4. The van der Waals surface area contributed by atoms with Gasteiger partial charge in [0.15, 0.2) is 0 Å². The highest BCUT2D eigenvalue weighted by Crippen LogP contribution is 2.38. The van der Waals surface area contributed by atoms with Crippen LogP contribution in [0, 0.1) is 0 Å². The van der Waals surface area contributed by atoms with Crippen LogP contribution in [-0.4, -0.2) is 107 Å². The van der Waals surface area contributed by atoms with E-state index >= 15 is 0 Å². The molecule has 14 heteroatoms. The minimum atomic E-state index is -0.406. The Balaban J connectivity index is 0.928. The van der Waals surface area contributed by atoms with E-state index in [-0.39, 0.29) is 23.4 Å². The van der Waals surface area contributed by atoms with Gasteiger partial charge in [0.1, 0.15) is 23.1 Å². The van der Waals surface area contributed by atoms with Gasteiger partial charge in [-0.15, -0.1) is 0 Å². The summed E-state index contributed by atoms with van der Waals surface area (Å²) in [7, 11) is 5.01. The molecule has 1 atom stereocenters. The first-order chi connectivity index (χ1) is 24.7. The molecule has 3 aliphatic rings. The number of carbonyl (C=O) groups is 3. The third-order valence-electron chi connectivity index (χ3n) is 10.5. The summed E-state index contributed by atoms with van der Waals surface area (Å²) >= 11 is 0. The third kappa shape index (κ3) is 7.00. The smallest absolute Gasteiger partial charge is 0.320 e. The summed E-state index contributed by atoms with van der Waals surface area (Å²) in [6, 6.07) is 11.8. The van der Waals surface area contributed by atoms with Gasteiger partial charge in [-0.2, -0.15) is 5.10 Å². The van der Waals surface area contributed by atoms with Crippen molar-refractivity contribution >= 4 is 34.4 Å². The number of nitrogens with one attached hydrogen (secondary N) is 3. The largest absolute Gasteiger partial charge is 0.496 e. The number of hydrogen-bond donors (Lipinski definition) is 3. The number of fused-ring (bicyclic) bond motifs is 1. The molecule has 0 spiro atoms. The molecule has 0 aliphatic carbocycles. The standard InChI is InChI=1S/C37H44N8O6/c1-42-21-28(27-20-38-41-34(27)36(42)48)25-18-31(50-2)29(32(19-25)51-3)22-43-14-16-45(17-15-43)37(49)44-12-10-24(11-13-44)23-4-6-26(7-5-23)39-30-8-9-33(46)40-35(30)47/h4-7,18-21,24,30,39H,8-17,22H2,1-3H3,(H,38,41)(H,40,46,47). The summed E-state index contributed by atoms with van der Waals surface area (Å²) in [5.41, 5.74) is 5.01. The molecule has 2 aromatic carbocycles. The molecule has 4 amide bonds. The van der Waals surface area contributed by atoms with Gasteiger partial charge in [-0.25, -0.2) is 4.79 Å². The first kappa shape index (κ1) is 34.1. The molecule has 0 saturated carbocycles. The van der Waals surface area contributed by atoms with E-state index < -0.39 is 6.04 Å². The van der Waals surface area contributed by atoms with Crippen LogP contribution in [-0.2, 0) is 23.2 Å². The topological polar surface area (TPSA) is 154 Å². The fourth-order valence-corrected chi connectivity index (χ4v) is 7.49. The number of nitrogens with zero attached hydrogens (tertiary/aromatic N) is 5. The van der Waals surface area contributed by atoms with E-state index in [4.69, 9.17) is 9.47 Å². The van der Waals surface area contributed by atoms with E-state index in [1.807, 2.05) is 34.1 Å². The Morgan fingerprint density at radius 1 is 0.922 bits per heavy atom. The predicted octanol–water partition coefficient (Wildman–Crippen LogP) is 3.28. The molecular formula is C37H44N8O6. The lowest BCUT2D eigenvalue weighted by Crippen LogP contribution is -2.53. The maximum Gasteiger partial charge on any atom is 0.320 e. The second kappa shape index (κ2) is 14.5. The van der Waals surface area contributed by atoms with E-state index in [1.165, 1.54) is 10.1 Å². The number of carbonyl (C=O) groups excluding carboxylic acids is 3. The number of aryl methyl sites for hydroxylation is 1. The number of likely N-dealkylation sites (tertiary alicyclic amines) is 1. The number of hydrogen-bond acceptors (Lipinski definition) is 9. The normalized spacial score (nSPS) is 18.9. The van der Waals surface area contributed by atoms with E-state index in [0.29, 0.717) is 68.5 Å². The van der Waals surface area contributed by atoms with Crippen LogP contribution in [0.25, 0.3) is 22.0 Å². The molecule has 3 aliphatic heterocycles. The van der Waals surface area contributed by atoms with Gasteiger partial charge in [0.25, 0.3) is 5.56 Å². The number of piperidine rings is 2. The van der Waals surface area contributed by atoms with Gasteiger partial charge in [0, 0.05) is 82.1 Å². The van der Waals surface area contributed by atoms with Gasteiger partial charge >= 0.3 is 6.03 Å². The Kier molecular flexibility index (Phi) is 9.67. The molecule has 0 bridgehead atoms. The molecule has 14 nitrogen and oxygen atoms in total. The van der Waals surface area contributed by atoms with Crippen molar-refractivity contribution in [1.29, 1.82) is 0 Å². The van der Waals surface area contributed by atoms with Crippen LogP contribution in [0.3, 0.4) is 0 Å². The van der Waals surface area contributed by atoms with Crippen LogP contribution in [0.1, 0.15) is 42.7 Å². The van der Waals surface area contributed by atoms with E-state index in [9.17, 15) is 19.2 Å². The SMILES string of the molecule is COc1cc(-c2cn(C)c(=O)c3[nH]ncc23)cc(OC)c1CN1CCN(C(=O)N2CCC(c3ccc(NC4CCC(=O)NC4=O)cc3)CC2)CC1. The van der Waals surface area contributed by atoms with Gasteiger partial charge in [0.05, 0.1) is 26.0 Å². The lowest BCUT2D eigenvalue weighted by Gasteiger charge is -2.40. The number of aromatic amines is 1. The van der Waals surface area contributed by atoms with Gasteiger partial charge in [-0.05, 0) is 60.6 Å². The summed E-state index contributed by atoms with van der Waals surface area (Å²) in [4.78, 5) is 55.9. The molecule has 4 aromatic rings. The molecule has 0 radical (unpaired) electrons. The fraction of sp³-hybridized carbons (Fsp3) is 0.432. The van der Waals surface area contributed by atoms with Gasteiger partial charge in [0.2, 0.25) is 11.8 Å². The molecule has 1 unspecified atom stereocenters. The maximum absolute atomic E-state index is 13.5. The van der Waals surface area contributed by atoms with Gasteiger partial charge < -0.3 is 29.2 Å². The first-order valence-electron chi connectivity index (χ1n) is 17.5. The number of urea groups is 1. The second-order valence-electron chi connectivity index (χ2n) is 13.6. The van der Waals surface area contributed by atoms with Gasteiger partial charge in [-0.3, -0.25) is 29.7 Å². The molecule has 5 heterocycles. The van der Waals surface area contributed by atoms with Crippen molar-refractivity contribution in [2.45, 2.75) is 44.2 Å². The van der Waals surface area contributed by atoms with Crippen LogP contribution >= 0.6 is 0 Å². The molecule has 2 aromatic heterocycles. The molecule has 268 valence electrons. The fourth-order valence-electron chi connectivity index (χ4n) is 7.49. The molecule has 7 rings (SSSR count). The minimum Gasteiger partial charge on any atom is -0.496 e. The number of pyridine rings is 1. The van der Waals surface area contributed by atoms with Crippen LogP contribution in [0.15, 0.2) is 53.6 Å². The lowest BCUT2D eigenvalue weighted by molar-refractivity contribution is -0.133. The summed E-state index contributed by atoms with van der Waals surface area (Å²) in [6.45, 7) is 4.76. The van der Waals surface area contributed by atoms with Crippen LogP contribution in [0.2, 0.25) is 0 Å². The Bertz CT molecular complexity index is 1970. The zero-order valence-corrected chi connectivity index (χ0v) is 29.2. The van der Waals surface area contributed by atoms with Crippen LogP contribution in [0.4, 0.5) is 10.5 Å². The molecule has 3 N–H and O–H groups in total. The molecule has 3 saturated heterocycles. The number of benzene rings is 2. The highest BCUT2D eigenvalue weighted by atomic mass is 16.5. The maximum atomic E-state index is 13.5. The van der Waals surface area contributed by atoms with Crippen molar-refractivity contribution in [2.24, 2.45) is 7.05 Å². The quantitative estimate of drug-likeness (QED) is 0.236. The van der Waals surface area contributed by atoms with Gasteiger partial charge in [-0.1, -0.05) is 12.1 Å². The highest BCUT2D eigenvalue weighted by Gasteiger charge is 2.30. The summed E-state index contributed by atoms with van der Waals surface area (Å²) in [6.07, 6.45) is 6.08. The lowest BCUT2D eigenvalue weighted by atomic mass is 9.89. The summed E-state index contributed by atoms with van der Waals surface area (Å²) in [5, 5.41) is 13.3. The average molecular weight is 697 g/mol. The van der Waals surface area contributed by atoms with Crippen molar-refractivity contribution in [3.63, 3.8) is 0 Å². The van der Waals surface area contributed by atoms with E-state index in [1.54, 1.807) is 33.7 Å². The Morgan fingerprint density at radius 3 is 2.24 bits per heavy atom. The predicted molar refractivity (Wildman–Crippen MR) is 192 cm³/mol. The van der Waals surface area contributed by atoms with Crippen molar-refractivity contribution in [3.8, 4) is 22.6 Å². The first-order valence-corrected chi connectivity index (χ1v) is 17.5. The Morgan fingerprint density at radius 2 is 1.59 bits per heavy atom. The second-order valence-corrected chi connectivity index (χ2v) is 13.6. The number of piperazine rings is 1. The molecule has 51 heavy (non-hydrogen) atoms. The number of H-pyrrole nitrogens is 1. The van der Waals surface area contributed by atoms with Crippen molar-refractivity contribution < 1.29 is 23.9 Å². The van der Waals surface area contributed by atoms with Crippen LogP contribution < -0.4 is 25.7 Å². The Labute approximate surface area is 295 Å². The Hall–Kier alpha value is -5.37. The minimum absolute atomic E-state index is 0.0965. The van der Waals surface area contributed by atoms with Crippen molar-refractivity contribution in [2.75, 3.05) is 58.8 Å². The van der Waals surface area contributed by atoms with Crippen molar-refractivity contribution in [3.05, 3.63) is 70.3 Å². The third-order valence-corrected chi connectivity index (χ3v) is 10.5. The number of methoxy groups -OCH3 is 2. The number of rotatable bonds is 8. The van der Waals surface area contributed by atoms with E-state index in [2.05, 4.69) is 37.9 Å². The highest BCUT2D eigenvalue weighted by molar-refractivity contribution is 6.01.